The number of benzene rings is 1. The summed E-state index contributed by atoms with van der Waals surface area (Å²) in [5.74, 6) is -0.808. The lowest BCUT2D eigenvalue weighted by Crippen LogP contribution is -2.34. The van der Waals surface area contributed by atoms with Crippen LogP contribution in [0.3, 0.4) is 0 Å². The Morgan fingerprint density at radius 1 is 1.23 bits per heavy atom. The number of rotatable bonds is 5. The SMILES string of the molecule is CC(C)(C)Sc1ccccc1NC1=CC(=O)N(CCO)C1=O. The number of aliphatic hydroxyl groups excluding tert-OH is 1. The molecule has 6 heteroatoms. The van der Waals surface area contributed by atoms with Gasteiger partial charge < -0.3 is 10.4 Å². The van der Waals surface area contributed by atoms with Crippen molar-refractivity contribution in [3.8, 4) is 0 Å². The maximum atomic E-state index is 12.2. The Morgan fingerprint density at radius 3 is 2.55 bits per heavy atom. The summed E-state index contributed by atoms with van der Waals surface area (Å²) < 4.78 is 0.0323. The van der Waals surface area contributed by atoms with Gasteiger partial charge in [0.15, 0.2) is 0 Å². The maximum Gasteiger partial charge on any atom is 0.277 e. The van der Waals surface area contributed by atoms with Crippen molar-refractivity contribution in [1.82, 2.24) is 4.90 Å². The van der Waals surface area contributed by atoms with Crippen LogP contribution < -0.4 is 5.32 Å². The molecular weight excluding hydrogens is 300 g/mol. The van der Waals surface area contributed by atoms with E-state index in [1.807, 2.05) is 24.3 Å². The third kappa shape index (κ3) is 3.90. The molecule has 0 atom stereocenters. The van der Waals surface area contributed by atoms with Gasteiger partial charge in [0.2, 0.25) is 0 Å². The van der Waals surface area contributed by atoms with Crippen molar-refractivity contribution in [2.24, 2.45) is 0 Å². The van der Waals surface area contributed by atoms with Crippen molar-refractivity contribution >= 4 is 29.3 Å². The van der Waals surface area contributed by atoms with E-state index in [1.54, 1.807) is 11.8 Å². The average molecular weight is 320 g/mol. The zero-order valence-electron chi connectivity index (χ0n) is 12.9. The number of carbonyl (C=O) groups is 2. The molecule has 22 heavy (non-hydrogen) atoms. The number of anilines is 1. The molecule has 2 N–H and O–H groups in total. The molecule has 0 aliphatic carbocycles. The molecule has 118 valence electrons. The van der Waals surface area contributed by atoms with Crippen LogP contribution in [0.25, 0.3) is 0 Å². The van der Waals surface area contributed by atoms with Crippen LogP contribution in [0.5, 0.6) is 0 Å². The summed E-state index contributed by atoms with van der Waals surface area (Å²) in [4.78, 5) is 26.0. The molecule has 1 aromatic rings. The number of aliphatic hydroxyl groups is 1. The van der Waals surface area contributed by atoms with Crippen molar-refractivity contribution in [2.75, 3.05) is 18.5 Å². The third-order valence-corrected chi connectivity index (χ3v) is 4.09. The summed E-state index contributed by atoms with van der Waals surface area (Å²) in [6.07, 6.45) is 1.27. The second-order valence-corrected chi connectivity index (χ2v) is 7.78. The standard InChI is InChI=1S/C16H20N2O3S/c1-16(2,3)22-13-7-5-4-6-11(13)17-12-10-14(20)18(8-9-19)15(12)21/h4-7,10,17,19H,8-9H2,1-3H3. The first-order valence-electron chi connectivity index (χ1n) is 7.05. The van der Waals surface area contributed by atoms with Crippen LogP contribution in [-0.4, -0.2) is 39.7 Å². The summed E-state index contributed by atoms with van der Waals surface area (Å²) in [6, 6.07) is 7.67. The molecule has 0 aromatic heterocycles. The highest BCUT2D eigenvalue weighted by Crippen LogP contribution is 2.37. The normalized spacial score (nSPS) is 15.3. The predicted molar refractivity (Wildman–Crippen MR) is 87.6 cm³/mol. The molecule has 0 bridgehead atoms. The second-order valence-electron chi connectivity index (χ2n) is 5.91. The molecule has 5 nitrogen and oxygen atoms in total. The van der Waals surface area contributed by atoms with E-state index < -0.39 is 11.8 Å². The van der Waals surface area contributed by atoms with E-state index >= 15 is 0 Å². The van der Waals surface area contributed by atoms with Crippen molar-refractivity contribution in [1.29, 1.82) is 0 Å². The Kier molecular flexibility index (Phi) is 4.93. The average Bonchev–Trinajstić information content (AvgIpc) is 2.68. The predicted octanol–water partition coefficient (Wildman–Crippen LogP) is 2.23. The molecule has 0 saturated carbocycles. The Bertz CT molecular complexity index is 620. The van der Waals surface area contributed by atoms with Gasteiger partial charge in [-0.3, -0.25) is 14.5 Å². The van der Waals surface area contributed by atoms with E-state index in [9.17, 15) is 9.59 Å². The lowest BCUT2D eigenvalue weighted by atomic mass is 10.2. The summed E-state index contributed by atoms with van der Waals surface area (Å²) in [7, 11) is 0. The number of nitrogens with one attached hydrogen (secondary N) is 1. The third-order valence-electron chi connectivity index (χ3n) is 2.91. The quantitative estimate of drug-likeness (QED) is 0.643. The lowest BCUT2D eigenvalue weighted by Gasteiger charge is -2.20. The first-order chi connectivity index (χ1) is 10.3. The Labute approximate surface area is 134 Å². The van der Waals surface area contributed by atoms with Crippen LogP contribution in [0.4, 0.5) is 5.69 Å². The van der Waals surface area contributed by atoms with Crippen molar-refractivity contribution in [3.05, 3.63) is 36.0 Å². The minimum Gasteiger partial charge on any atom is -0.395 e. The summed E-state index contributed by atoms with van der Waals surface area (Å²) in [5.41, 5.74) is 1.03. The summed E-state index contributed by atoms with van der Waals surface area (Å²) in [6.45, 7) is 6.11. The Balaban J connectivity index is 2.20. The molecular formula is C16H20N2O3S. The number of hydrogen-bond donors (Lipinski definition) is 2. The fourth-order valence-electron chi connectivity index (χ4n) is 2.04. The molecule has 1 aromatic carbocycles. The van der Waals surface area contributed by atoms with E-state index in [2.05, 4.69) is 26.1 Å². The van der Waals surface area contributed by atoms with Crippen LogP contribution in [0.1, 0.15) is 20.8 Å². The fraction of sp³-hybridized carbons (Fsp3) is 0.375. The van der Waals surface area contributed by atoms with Gasteiger partial charge in [0.25, 0.3) is 11.8 Å². The van der Waals surface area contributed by atoms with Gasteiger partial charge in [-0.05, 0) is 12.1 Å². The van der Waals surface area contributed by atoms with E-state index in [0.29, 0.717) is 0 Å². The van der Waals surface area contributed by atoms with Crippen LogP contribution >= 0.6 is 11.8 Å². The van der Waals surface area contributed by atoms with Gasteiger partial charge in [0.05, 0.1) is 18.8 Å². The summed E-state index contributed by atoms with van der Waals surface area (Å²) in [5, 5.41) is 12.0. The number of imide groups is 1. The topological polar surface area (TPSA) is 69.6 Å². The highest BCUT2D eigenvalue weighted by Gasteiger charge is 2.31. The van der Waals surface area contributed by atoms with Gasteiger partial charge in [0.1, 0.15) is 5.70 Å². The molecule has 2 amide bonds. The number of thioether (sulfide) groups is 1. The van der Waals surface area contributed by atoms with Gasteiger partial charge in [-0.1, -0.05) is 32.9 Å². The van der Waals surface area contributed by atoms with Gasteiger partial charge >= 0.3 is 0 Å². The maximum absolute atomic E-state index is 12.2. The van der Waals surface area contributed by atoms with E-state index in [1.165, 1.54) is 6.08 Å². The minimum atomic E-state index is -0.408. The van der Waals surface area contributed by atoms with Crippen LogP contribution in [0.2, 0.25) is 0 Å². The molecule has 0 unspecified atom stereocenters. The number of nitrogens with zero attached hydrogens (tertiary/aromatic N) is 1. The minimum absolute atomic E-state index is 0.0116. The molecule has 2 rings (SSSR count). The number of hydrogen-bond acceptors (Lipinski definition) is 5. The van der Waals surface area contributed by atoms with Gasteiger partial charge in [-0.15, -0.1) is 11.8 Å². The van der Waals surface area contributed by atoms with Crippen molar-refractivity contribution in [3.63, 3.8) is 0 Å². The van der Waals surface area contributed by atoms with Crippen molar-refractivity contribution < 1.29 is 14.7 Å². The van der Waals surface area contributed by atoms with Crippen LogP contribution in [-0.2, 0) is 9.59 Å². The zero-order valence-corrected chi connectivity index (χ0v) is 13.7. The first-order valence-corrected chi connectivity index (χ1v) is 7.87. The number of carbonyl (C=O) groups excluding carboxylic acids is 2. The first kappa shape index (κ1) is 16.6. The fourth-order valence-corrected chi connectivity index (χ4v) is 3.08. The van der Waals surface area contributed by atoms with E-state index in [0.717, 1.165) is 15.5 Å². The van der Waals surface area contributed by atoms with Crippen molar-refractivity contribution in [2.45, 2.75) is 30.4 Å². The van der Waals surface area contributed by atoms with Crippen LogP contribution in [0.15, 0.2) is 40.9 Å². The number of amides is 2. The number of β-amino-alcohol motifs (C(OH)–C–C–N with tert-alkyl or cyclic N) is 1. The highest BCUT2D eigenvalue weighted by molar-refractivity contribution is 8.00. The van der Waals surface area contributed by atoms with Gasteiger partial charge in [0, 0.05) is 15.7 Å². The van der Waals surface area contributed by atoms with E-state index in [4.69, 9.17) is 5.11 Å². The molecule has 0 saturated heterocycles. The lowest BCUT2D eigenvalue weighted by molar-refractivity contribution is -0.137. The van der Waals surface area contributed by atoms with Gasteiger partial charge in [-0.25, -0.2) is 0 Å². The molecule has 0 fully saturated rings. The second kappa shape index (κ2) is 6.54. The monoisotopic (exact) mass is 320 g/mol. The number of para-hydroxylation sites is 1. The molecule has 1 aliphatic rings. The Hall–Kier alpha value is -1.79. The molecule has 1 aliphatic heterocycles. The summed E-state index contributed by atoms with van der Waals surface area (Å²) >= 11 is 1.68. The molecule has 0 radical (unpaired) electrons. The zero-order chi connectivity index (χ0) is 16.3. The molecule has 1 heterocycles. The Morgan fingerprint density at radius 2 is 1.91 bits per heavy atom. The molecule has 0 spiro atoms. The highest BCUT2D eigenvalue weighted by atomic mass is 32.2. The van der Waals surface area contributed by atoms with Gasteiger partial charge in [-0.2, -0.15) is 0 Å². The van der Waals surface area contributed by atoms with Crippen LogP contribution in [0, 0.1) is 0 Å². The van der Waals surface area contributed by atoms with E-state index in [-0.39, 0.29) is 23.6 Å². The largest absolute Gasteiger partial charge is 0.395 e. The smallest absolute Gasteiger partial charge is 0.277 e.